The first-order valence-electron chi connectivity index (χ1n) is 6.13. The van der Waals surface area contributed by atoms with Crippen LogP contribution in [0.15, 0.2) is 0 Å². The first-order chi connectivity index (χ1) is 10.6. The summed E-state index contributed by atoms with van der Waals surface area (Å²) in [5, 5.41) is 48.1. The minimum absolute atomic E-state index is 0.970. The molecule has 1 aromatic rings. The molecule has 0 aromatic heterocycles. The average Bonchev–Trinajstić information content (AvgIpc) is 2.53. The van der Waals surface area contributed by atoms with Crippen molar-refractivity contribution < 1.29 is 52.2 Å². The number of halogens is 5. The smallest absolute Gasteiger partial charge is 0.200 e. The minimum atomic E-state index is -3.57. The molecule has 1 aliphatic heterocycles. The molecule has 0 bridgehead atoms. The number of rotatable bonds is 2. The fraction of sp³-hybridized carbons (Fsp3) is 0.500. The first-order valence-corrected chi connectivity index (χ1v) is 6.13. The summed E-state index contributed by atoms with van der Waals surface area (Å²) >= 11 is 0. The summed E-state index contributed by atoms with van der Waals surface area (Å²) in [6.07, 6.45) is -9.19. The van der Waals surface area contributed by atoms with Crippen molar-refractivity contribution in [3.8, 4) is 0 Å². The monoisotopic (exact) mass is 346 g/mol. The molecule has 1 aliphatic rings. The van der Waals surface area contributed by atoms with Crippen LogP contribution in [-0.2, 0) is 10.3 Å². The van der Waals surface area contributed by atoms with Crippen molar-refractivity contribution in [1.82, 2.24) is 0 Å². The predicted octanol–water partition coefficient (Wildman–Crippen LogP) is -0.999. The zero-order valence-electron chi connectivity index (χ0n) is 11.1. The molecule has 0 amide bonds. The van der Waals surface area contributed by atoms with E-state index in [0.717, 1.165) is 0 Å². The largest absolute Gasteiger partial charge is 0.394 e. The van der Waals surface area contributed by atoms with E-state index < -0.39 is 71.5 Å². The molecule has 6 nitrogen and oxygen atoms in total. The third-order valence-electron chi connectivity index (χ3n) is 3.63. The maximum atomic E-state index is 13.8. The molecule has 1 fully saturated rings. The Bertz CT molecular complexity index is 599. The molecule has 2 rings (SSSR count). The lowest BCUT2D eigenvalue weighted by Crippen LogP contribution is -2.65. The highest BCUT2D eigenvalue weighted by molar-refractivity contribution is 5.32. The van der Waals surface area contributed by atoms with E-state index in [9.17, 15) is 42.4 Å². The molecule has 0 unspecified atom stereocenters. The van der Waals surface area contributed by atoms with Crippen molar-refractivity contribution in [3.63, 3.8) is 0 Å². The molecule has 23 heavy (non-hydrogen) atoms. The number of hydrogen-bond donors (Lipinski definition) is 5. The van der Waals surface area contributed by atoms with E-state index in [1.54, 1.807) is 0 Å². The van der Waals surface area contributed by atoms with Gasteiger partial charge in [-0.2, -0.15) is 0 Å². The molecule has 5 atom stereocenters. The molecule has 130 valence electrons. The number of hydrogen-bond acceptors (Lipinski definition) is 6. The number of ether oxygens (including phenoxy) is 1. The lowest BCUT2D eigenvalue weighted by molar-refractivity contribution is -0.336. The molecular formula is C12H11F5O6. The molecule has 1 heterocycles. The van der Waals surface area contributed by atoms with Crippen molar-refractivity contribution in [2.75, 3.05) is 6.61 Å². The normalized spacial score (nSPS) is 34.7. The van der Waals surface area contributed by atoms with E-state index in [-0.39, 0.29) is 0 Å². The van der Waals surface area contributed by atoms with E-state index in [2.05, 4.69) is 4.74 Å². The molecular weight excluding hydrogens is 335 g/mol. The van der Waals surface area contributed by atoms with Crippen molar-refractivity contribution in [1.29, 1.82) is 0 Å². The summed E-state index contributed by atoms with van der Waals surface area (Å²) in [5.41, 5.74) is -5.54. The second-order valence-corrected chi connectivity index (χ2v) is 4.92. The van der Waals surface area contributed by atoms with Crippen molar-refractivity contribution in [2.45, 2.75) is 30.2 Å². The Labute approximate surface area is 125 Å². The zero-order valence-corrected chi connectivity index (χ0v) is 11.1. The highest BCUT2D eigenvalue weighted by atomic mass is 19.2. The Morgan fingerprint density at radius 3 is 1.74 bits per heavy atom. The van der Waals surface area contributed by atoms with Gasteiger partial charge in [-0.25, -0.2) is 22.0 Å². The highest BCUT2D eigenvalue weighted by Gasteiger charge is 2.58. The van der Waals surface area contributed by atoms with Crippen LogP contribution >= 0.6 is 0 Å². The quantitative estimate of drug-likeness (QED) is 0.267. The predicted molar refractivity (Wildman–Crippen MR) is 60.1 cm³/mol. The van der Waals surface area contributed by atoms with Crippen LogP contribution in [0.4, 0.5) is 22.0 Å². The van der Waals surface area contributed by atoms with Gasteiger partial charge in [0, 0.05) is 0 Å². The second kappa shape index (κ2) is 5.92. The van der Waals surface area contributed by atoms with Gasteiger partial charge in [0.1, 0.15) is 18.3 Å². The first kappa shape index (κ1) is 18.0. The van der Waals surface area contributed by atoms with Gasteiger partial charge in [-0.15, -0.1) is 0 Å². The molecule has 1 saturated heterocycles. The van der Waals surface area contributed by atoms with Gasteiger partial charge in [0.2, 0.25) is 5.82 Å². The van der Waals surface area contributed by atoms with Gasteiger partial charge in [0.05, 0.1) is 12.2 Å². The summed E-state index contributed by atoms with van der Waals surface area (Å²) in [4.78, 5) is 0. The van der Waals surface area contributed by atoms with Crippen molar-refractivity contribution in [2.24, 2.45) is 0 Å². The standard InChI is InChI=1S/C12H11F5O6/c13-4-3(5(14)7(16)8(17)6(4)15)12(22)10(20)9(19)2(1-18)23-11(12)21/h2,9-11,18-22H,1H2/t2-,9+,10+,11-,12-/m1/s1. The molecule has 0 spiro atoms. The Hall–Kier alpha value is -1.37. The topological polar surface area (TPSA) is 110 Å². The van der Waals surface area contributed by atoms with Gasteiger partial charge < -0.3 is 30.3 Å². The van der Waals surface area contributed by atoms with Crippen LogP contribution in [0.3, 0.4) is 0 Å². The van der Waals surface area contributed by atoms with Crippen LogP contribution in [0.25, 0.3) is 0 Å². The summed E-state index contributed by atoms with van der Waals surface area (Å²) in [7, 11) is 0. The third kappa shape index (κ3) is 2.40. The van der Waals surface area contributed by atoms with E-state index in [1.165, 1.54) is 0 Å². The minimum Gasteiger partial charge on any atom is -0.394 e. The van der Waals surface area contributed by atoms with E-state index >= 15 is 0 Å². The summed E-state index contributed by atoms with van der Waals surface area (Å²) in [6.45, 7) is -0.970. The molecule has 5 N–H and O–H groups in total. The van der Waals surface area contributed by atoms with E-state index in [1.807, 2.05) is 0 Å². The van der Waals surface area contributed by atoms with Crippen molar-refractivity contribution >= 4 is 0 Å². The SMILES string of the molecule is OC[C@H]1O[C@@H](O)[C@@](O)(c2c(F)c(F)c(F)c(F)c2F)[C@@H](O)[C@H]1O. The van der Waals surface area contributed by atoms with Crippen LogP contribution in [0.5, 0.6) is 0 Å². The Kier molecular flexibility index (Phi) is 4.63. The van der Waals surface area contributed by atoms with Crippen LogP contribution < -0.4 is 0 Å². The number of aliphatic hydroxyl groups is 5. The van der Waals surface area contributed by atoms with Crippen molar-refractivity contribution in [3.05, 3.63) is 34.6 Å². The van der Waals surface area contributed by atoms with Gasteiger partial charge in [0.25, 0.3) is 0 Å². The zero-order chi connectivity index (χ0) is 17.7. The fourth-order valence-corrected chi connectivity index (χ4v) is 2.34. The Balaban J connectivity index is 2.69. The summed E-state index contributed by atoms with van der Waals surface area (Å²) in [6, 6.07) is 0. The van der Waals surface area contributed by atoms with E-state index in [4.69, 9.17) is 5.11 Å². The van der Waals surface area contributed by atoms with Gasteiger partial charge in [-0.1, -0.05) is 0 Å². The van der Waals surface area contributed by atoms with Gasteiger partial charge in [-0.05, 0) is 0 Å². The van der Waals surface area contributed by atoms with Crippen LogP contribution in [0.2, 0.25) is 0 Å². The van der Waals surface area contributed by atoms with Gasteiger partial charge >= 0.3 is 0 Å². The number of aliphatic hydroxyl groups excluding tert-OH is 4. The van der Waals surface area contributed by atoms with Crippen LogP contribution in [0.1, 0.15) is 5.56 Å². The van der Waals surface area contributed by atoms with Gasteiger partial charge in [0.15, 0.2) is 35.2 Å². The lowest BCUT2D eigenvalue weighted by Gasteiger charge is -2.46. The molecule has 0 saturated carbocycles. The molecule has 0 aliphatic carbocycles. The summed E-state index contributed by atoms with van der Waals surface area (Å²) < 4.78 is 71.6. The second-order valence-electron chi connectivity index (χ2n) is 4.92. The Morgan fingerprint density at radius 2 is 1.30 bits per heavy atom. The Morgan fingerprint density at radius 1 is 0.870 bits per heavy atom. The van der Waals surface area contributed by atoms with Gasteiger partial charge in [-0.3, -0.25) is 0 Å². The highest BCUT2D eigenvalue weighted by Crippen LogP contribution is 2.41. The lowest BCUT2D eigenvalue weighted by atomic mass is 9.80. The fourth-order valence-electron chi connectivity index (χ4n) is 2.34. The molecule has 0 radical (unpaired) electrons. The molecule has 11 heteroatoms. The average molecular weight is 346 g/mol. The summed E-state index contributed by atoms with van der Waals surface area (Å²) in [5.74, 6) is -12.4. The molecule has 1 aromatic carbocycles. The van der Waals surface area contributed by atoms with Crippen LogP contribution in [-0.4, -0.2) is 56.7 Å². The maximum Gasteiger partial charge on any atom is 0.200 e. The third-order valence-corrected chi connectivity index (χ3v) is 3.63. The van der Waals surface area contributed by atoms with E-state index in [0.29, 0.717) is 0 Å². The van der Waals surface area contributed by atoms with Crippen LogP contribution in [0, 0.1) is 29.1 Å². The maximum absolute atomic E-state index is 13.8. The number of benzene rings is 1.